The fourth-order valence-electron chi connectivity index (χ4n) is 4.43. The van der Waals surface area contributed by atoms with Gasteiger partial charge in [0.15, 0.2) is 6.17 Å². The Kier molecular flexibility index (Phi) is 4.38. The maximum atomic E-state index is 15.0. The van der Waals surface area contributed by atoms with Crippen molar-refractivity contribution in [1.82, 2.24) is 15.2 Å². The lowest BCUT2D eigenvalue weighted by Gasteiger charge is -2.36. The molecular formula is C22H23FN4O3. The van der Waals surface area contributed by atoms with Crippen LogP contribution in [0, 0.1) is 6.92 Å². The van der Waals surface area contributed by atoms with E-state index in [1.54, 1.807) is 24.1 Å². The summed E-state index contributed by atoms with van der Waals surface area (Å²) in [5.74, 6) is 1.10. The number of pyridine rings is 1. The molecule has 0 bridgehead atoms. The highest BCUT2D eigenvalue weighted by Gasteiger charge is 2.34. The molecule has 7 nitrogen and oxygen atoms in total. The van der Waals surface area contributed by atoms with Gasteiger partial charge in [-0.15, -0.1) is 0 Å². The van der Waals surface area contributed by atoms with E-state index in [2.05, 4.69) is 10.3 Å². The van der Waals surface area contributed by atoms with Crippen LogP contribution in [0.3, 0.4) is 0 Å². The van der Waals surface area contributed by atoms with Gasteiger partial charge in [0, 0.05) is 32.1 Å². The number of rotatable bonds is 3. The molecule has 2 amide bonds. The minimum absolute atomic E-state index is 0.0341. The van der Waals surface area contributed by atoms with Gasteiger partial charge in [-0.1, -0.05) is 6.07 Å². The molecule has 5 rings (SSSR count). The molecule has 0 spiro atoms. The smallest absolute Gasteiger partial charge is 0.254 e. The zero-order valence-corrected chi connectivity index (χ0v) is 16.9. The standard InChI is InChI=1S/C22H23FN4O3/c1-12-7-16-18(9-24-21(16)28)25-20(12)27-6-5-19(17(23)11-27)30-14-4-3-13-10-26(2)22(29)15(13)8-14/h3-4,7-8,17,19H,5-6,9-11H2,1-2H3,(H,24,28)/t17-,19+/m0/s1. The van der Waals surface area contributed by atoms with Crippen molar-refractivity contribution >= 4 is 17.6 Å². The van der Waals surface area contributed by atoms with E-state index in [4.69, 9.17) is 4.74 Å². The number of hydrogen-bond donors (Lipinski definition) is 1. The number of benzene rings is 1. The highest BCUT2D eigenvalue weighted by molar-refractivity contribution is 5.99. The number of alkyl halides is 1. The number of aromatic nitrogens is 1. The van der Waals surface area contributed by atoms with E-state index in [1.165, 1.54) is 0 Å². The molecule has 4 heterocycles. The lowest BCUT2D eigenvalue weighted by atomic mass is 10.0. The number of carbonyl (C=O) groups is 2. The van der Waals surface area contributed by atoms with Crippen LogP contribution in [0.1, 0.15) is 44.0 Å². The molecule has 8 heteroatoms. The van der Waals surface area contributed by atoms with E-state index in [9.17, 15) is 9.59 Å². The van der Waals surface area contributed by atoms with Gasteiger partial charge in [0.1, 0.15) is 17.7 Å². The Morgan fingerprint density at radius 2 is 2.07 bits per heavy atom. The molecule has 1 aromatic heterocycles. The third-order valence-electron chi connectivity index (χ3n) is 6.06. The summed E-state index contributed by atoms with van der Waals surface area (Å²) >= 11 is 0. The normalized spacial score (nSPS) is 22.8. The second kappa shape index (κ2) is 6.97. The van der Waals surface area contributed by atoms with Gasteiger partial charge in [0.05, 0.1) is 24.3 Å². The number of anilines is 1. The second-order valence-corrected chi connectivity index (χ2v) is 8.19. The fourth-order valence-corrected chi connectivity index (χ4v) is 4.43. The third-order valence-corrected chi connectivity index (χ3v) is 6.06. The minimum atomic E-state index is -1.19. The summed E-state index contributed by atoms with van der Waals surface area (Å²) in [6.07, 6.45) is -1.27. The Bertz CT molecular complexity index is 1060. The van der Waals surface area contributed by atoms with Crippen molar-refractivity contribution in [2.75, 3.05) is 25.0 Å². The maximum Gasteiger partial charge on any atom is 0.254 e. The van der Waals surface area contributed by atoms with Gasteiger partial charge in [0.2, 0.25) is 0 Å². The van der Waals surface area contributed by atoms with E-state index in [1.807, 2.05) is 24.0 Å². The molecule has 0 saturated carbocycles. The van der Waals surface area contributed by atoms with Crippen LogP contribution >= 0.6 is 0 Å². The summed E-state index contributed by atoms with van der Waals surface area (Å²) in [6.45, 7) is 3.67. The molecule has 1 saturated heterocycles. The second-order valence-electron chi connectivity index (χ2n) is 8.19. The molecule has 1 N–H and O–H groups in total. The predicted octanol–water partition coefficient (Wildman–Crippen LogP) is 2.21. The number of amides is 2. The predicted molar refractivity (Wildman–Crippen MR) is 109 cm³/mol. The molecule has 3 aliphatic rings. The number of aryl methyl sites for hydroxylation is 1. The van der Waals surface area contributed by atoms with Crippen LogP contribution in [0.4, 0.5) is 10.2 Å². The topological polar surface area (TPSA) is 74.8 Å². The van der Waals surface area contributed by atoms with Gasteiger partial charge in [-0.05, 0) is 36.2 Å². The van der Waals surface area contributed by atoms with Gasteiger partial charge in [-0.3, -0.25) is 9.59 Å². The van der Waals surface area contributed by atoms with Gasteiger partial charge in [-0.2, -0.15) is 0 Å². The first kappa shape index (κ1) is 18.8. The Morgan fingerprint density at radius 1 is 1.23 bits per heavy atom. The highest BCUT2D eigenvalue weighted by atomic mass is 19.1. The molecule has 2 aromatic rings. The van der Waals surface area contributed by atoms with Crippen molar-refractivity contribution in [3.63, 3.8) is 0 Å². The number of piperidine rings is 1. The van der Waals surface area contributed by atoms with Crippen LogP contribution < -0.4 is 15.0 Å². The van der Waals surface area contributed by atoms with Crippen LogP contribution in [0.15, 0.2) is 24.3 Å². The van der Waals surface area contributed by atoms with E-state index < -0.39 is 12.3 Å². The molecule has 156 valence electrons. The molecule has 0 aliphatic carbocycles. The highest BCUT2D eigenvalue weighted by Crippen LogP contribution is 2.30. The molecule has 1 fully saturated rings. The van der Waals surface area contributed by atoms with Crippen molar-refractivity contribution in [2.24, 2.45) is 0 Å². The Hall–Kier alpha value is -3.16. The summed E-state index contributed by atoms with van der Waals surface area (Å²) in [5, 5.41) is 2.77. The molecular weight excluding hydrogens is 387 g/mol. The van der Waals surface area contributed by atoms with Crippen LogP contribution in [-0.2, 0) is 13.1 Å². The van der Waals surface area contributed by atoms with Crippen LogP contribution in [0.5, 0.6) is 5.75 Å². The largest absolute Gasteiger partial charge is 0.487 e. The zero-order chi connectivity index (χ0) is 21.0. The average Bonchev–Trinajstić information content (AvgIpc) is 3.22. The Balaban J connectivity index is 1.29. The number of carbonyl (C=O) groups excluding carboxylic acids is 2. The van der Waals surface area contributed by atoms with Crippen molar-refractivity contribution in [2.45, 2.75) is 38.7 Å². The summed E-state index contributed by atoms with van der Waals surface area (Å²) in [5.41, 5.74) is 3.76. The summed E-state index contributed by atoms with van der Waals surface area (Å²) in [6, 6.07) is 7.23. The van der Waals surface area contributed by atoms with Gasteiger partial charge in [0.25, 0.3) is 11.8 Å². The Labute approximate surface area is 173 Å². The van der Waals surface area contributed by atoms with E-state index >= 15 is 4.39 Å². The van der Waals surface area contributed by atoms with Crippen molar-refractivity contribution in [1.29, 1.82) is 0 Å². The Morgan fingerprint density at radius 3 is 2.87 bits per heavy atom. The van der Waals surface area contributed by atoms with Gasteiger partial charge < -0.3 is 19.9 Å². The number of nitrogens with zero attached hydrogens (tertiary/aromatic N) is 3. The SMILES string of the molecule is Cc1cc2c(nc1N1CC[C@@H](Oc3ccc4c(c3)C(=O)N(C)C4)[C@@H](F)C1)CNC2=O. The minimum Gasteiger partial charge on any atom is -0.487 e. The molecule has 0 unspecified atom stereocenters. The number of fused-ring (bicyclic) bond motifs is 2. The van der Waals surface area contributed by atoms with Crippen LogP contribution in [0.2, 0.25) is 0 Å². The van der Waals surface area contributed by atoms with Gasteiger partial charge >= 0.3 is 0 Å². The van der Waals surface area contributed by atoms with Crippen LogP contribution in [0.25, 0.3) is 0 Å². The maximum absolute atomic E-state index is 15.0. The first-order chi connectivity index (χ1) is 14.4. The van der Waals surface area contributed by atoms with Crippen molar-refractivity contribution in [3.05, 3.63) is 52.2 Å². The summed E-state index contributed by atoms with van der Waals surface area (Å²) in [7, 11) is 1.76. The van der Waals surface area contributed by atoms with Crippen LogP contribution in [-0.4, -0.2) is 54.1 Å². The number of hydrogen-bond acceptors (Lipinski definition) is 5. The molecule has 30 heavy (non-hydrogen) atoms. The van der Waals surface area contributed by atoms with Gasteiger partial charge in [-0.25, -0.2) is 9.37 Å². The monoisotopic (exact) mass is 410 g/mol. The molecule has 1 aromatic carbocycles. The quantitative estimate of drug-likeness (QED) is 0.840. The van der Waals surface area contributed by atoms with E-state index in [-0.39, 0.29) is 18.4 Å². The zero-order valence-electron chi connectivity index (χ0n) is 16.9. The first-order valence-electron chi connectivity index (χ1n) is 10.1. The molecule has 3 aliphatic heterocycles. The third kappa shape index (κ3) is 3.07. The molecule has 0 radical (unpaired) electrons. The fraction of sp³-hybridized carbons (Fsp3) is 0.409. The summed E-state index contributed by atoms with van der Waals surface area (Å²) in [4.78, 5) is 32.2. The molecule has 2 atom stereocenters. The number of halogens is 1. The average molecular weight is 410 g/mol. The number of ether oxygens (including phenoxy) is 1. The number of nitrogens with one attached hydrogen (secondary N) is 1. The lowest BCUT2D eigenvalue weighted by molar-refractivity contribution is 0.0799. The van der Waals surface area contributed by atoms with Crippen molar-refractivity contribution in [3.8, 4) is 5.75 Å². The summed E-state index contributed by atoms with van der Waals surface area (Å²) < 4.78 is 20.9. The van der Waals surface area contributed by atoms with Crippen molar-refractivity contribution < 1.29 is 18.7 Å². The lowest BCUT2D eigenvalue weighted by Crippen LogP contribution is -2.47. The van der Waals surface area contributed by atoms with E-state index in [0.717, 1.165) is 16.9 Å². The van der Waals surface area contributed by atoms with E-state index in [0.29, 0.717) is 48.6 Å². The first-order valence-corrected chi connectivity index (χ1v) is 10.1.